The van der Waals surface area contributed by atoms with Crippen LogP contribution < -0.4 is 0 Å². The molecule has 0 saturated heterocycles. The lowest BCUT2D eigenvalue weighted by molar-refractivity contribution is 0.101. The van der Waals surface area contributed by atoms with E-state index in [1.54, 1.807) is 13.8 Å². The fourth-order valence-electron chi connectivity index (χ4n) is 1.62. The normalized spacial score (nSPS) is 10.3. The average Bonchev–Trinajstić information content (AvgIpc) is 2.40. The molecule has 14 heavy (non-hydrogen) atoms. The molecule has 0 spiro atoms. The highest BCUT2D eigenvalue weighted by Crippen LogP contribution is 2.18. The van der Waals surface area contributed by atoms with Crippen molar-refractivity contribution in [1.82, 2.24) is 4.98 Å². The molecule has 1 aromatic rings. The molecule has 0 radical (unpaired) electrons. The molecule has 0 saturated carbocycles. The molecular formula is C10H12ClNO2. The predicted molar refractivity (Wildman–Crippen MR) is 55.3 cm³/mol. The van der Waals surface area contributed by atoms with E-state index in [1.807, 2.05) is 0 Å². The Kier molecular flexibility index (Phi) is 3.11. The lowest BCUT2D eigenvalue weighted by Gasteiger charge is -1.96. The third kappa shape index (κ3) is 1.73. The summed E-state index contributed by atoms with van der Waals surface area (Å²) in [6.45, 7) is 5.01. The van der Waals surface area contributed by atoms with Gasteiger partial charge in [-0.1, -0.05) is 0 Å². The first-order chi connectivity index (χ1) is 6.49. The predicted octanol–water partition coefficient (Wildman–Crippen LogP) is 2.26. The van der Waals surface area contributed by atoms with Crippen molar-refractivity contribution in [2.24, 2.45) is 0 Å². The Balaban J connectivity index is 3.30. The van der Waals surface area contributed by atoms with Crippen LogP contribution in [0.25, 0.3) is 0 Å². The number of hydrogen-bond acceptors (Lipinski definition) is 2. The highest BCUT2D eigenvalue weighted by Gasteiger charge is 2.18. The highest BCUT2D eigenvalue weighted by molar-refractivity contribution is 6.30. The second-order valence-corrected chi connectivity index (χ2v) is 3.51. The summed E-state index contributed by atoms with van der Waals surface area (Å²) in [7, 11) is 0. The van der Waals surface area contributed by atoms with E-state index in [2.05, 4.69) is 4.98 Å². The smallest absolute Gasteiger partial charge is 0.193 e. The Morgan fingerprint density at radius 3 is 2.29 bits per heavy atom. The maximum atomic E-state index is 11.3. The van der Waals surface area contributed by atoms with Gasteiger partial charge in [0.1, 0.15) is 0 Å². The van der Waals surface area contributed by atoms with Crippen molar-refractivity contribution in [3.8, 4) is 0 Å². The Labute approximate surface area is 87.5 Å². The molecule has 0 aliphatic carbocycles. The van der Waals surface area contributed by atoms with Crippen LogP contribution in [0.1, 0.15) is 39.0 Å². The van der Waals surface area contributed by atoms with Gasteiger partial charge in [0.25, 0.3) is 0 Å². The van der Waals surface area contributed by atoms with Crippen molar-refractivity contribution in [3.05, 3.63) is 22.5 Å². The van der Waals surface area contributed by atoms with E-state index in [9.17, 15) is 9.59 Å². The molecule has 4 heteroatoms. The van der Waals surface area contributed by atoms with Gasteiger partial charge in [-0.05, 0) is 26.3 Å². The number of ketones is 2. The summed E-state index contributed by atoms with van der Waals surface area (Å²) in [5.41, 5.74) is 2.46. The summed E-state index contributed by atoms with van der Waals surface area (Å²) in [4.78, 5) is 25.5. The molecule has 1 heterocycles. The molecular weight excluding hydrogens is 202 g/mol. The second kappa shape index (κ2) is 3.96. The first kappa shape index (κ1) is 11.0. The van der Waals surface area contributed by atoms with Gasteiger partial charge in [-0.2, -0.15) is 0 Å². The van der Waals surface area contributed by atoms with Gasteiger partial charge in [-0.25, -0.2) is 0 Å². The number of aryl methyl sites for hydroxylation is 1. The van der Waals surface area contributed by atoms with Crippen LogP contribution in [0.3, 0.4) is 0 Å². The quantitative estimate of drug-likeness (QED) is 0.619. The molecule has 1 aromatic heterocycles. The van der Waals surface area contributed by atoms with E-state index in [0.717, 1.165) is 5.69 Å². The number of aromatic amines is 1. The maximum Gasteiger partial charge on any atom is 0.193 e. The van der Waals surface area contributed by atoms with Crippen molar-refractivity contribution in [3.63, 3.8) is 0 Å². The van der Waals surface area contributed by atoms with Crippen molar-refractivity contribution >= 4 is 23.2 Å². The number of H-pyrrole nitrogens is 1. The molecule has 0 atom stereocenters. The van der Waals surface area contributed by atoms with Gasteiger partial charge in [0, 0.05) is 11.3 Å². The Morgan fingerprint density at radius 1 is 1.36 bits per heavy atom. The molecule has 1 rings (SSSR count). The summed E-state index contributed by atoms with van der Waals surface area (Å²) < 4.78 is 0. The van der Waals surface area contributed by atoms with Crippen LogP contribution in [0.2, 0.25) is 0 Å². The number of rotatable bonds is 3. The summed E-state index contributed by atoms with van der Waals surface area (Å²) in [6, 6.07) is 0. The topological polar surface area (TPSA) is 49.9 Å². The van der Waals surface area contributed by atoms with Gasteiger partial charge in [0.15, 0.2) is 11.6 Å². The van der Waals surface area contributed by atoms with E-state index >= 15 is 0 Å². The maximum absolute atomic E-state index is 11.3. The molecule has 0 amide bonds. The largest absolute Gasteiger partial charge is 0.355 e. The van der Waals surface area contributed by atoms with Gasteiger partial charge in [0.2, 0.25) is 0 Å². The minimum atomic E-state index is -0.181. The zero-order valence-electron chi connectivity index (χ0n) is 8.40. The van der Waals surface area contributed by atoms with Gasteiger partial charge >= 0.3 is 0 Å². The molecule has 0 bridgehead atoms. The Morgan fingerprint density at radius 2 is 1.93 bits per heavy atom. The first-order valence-corrected chi connectivity index (χ1v) is 4.81. The van der Waals surface area contributed by atoms with Gasteiger partial charge < -0.3 is 4.98 Å². The van der Waals surface area contributed by atoms with Crippen LogP contribution in [0.15, 0.2) is 0 Å². The third-order valence-corrected chi connectivity index (χ3v) is 2.43. The molecule has 76 valence electrons. The van der Waals surface area contributed by atoms with Crippen LogP contribution in [0.4, 0.5) is 0 Å². The SMILES string of the molecule is CC(=O)c1c(C)[nH]c(C(=O)CCl)c1C. The van der Waals surface area contributed by atoms with Crippen molar-refractivity contribution in [2.45, 2.75) is 20.8 Å². The van der Waals surface area contributed by atoms with Crippen molar-refractivity contribution in [2.75, 3.05) is 5.88 Å². The minimum Gasteiger partial charge on any atom is -0.355 e. The lowest BCUT2D eigenvalue weighted by Crippen LogP contribution is -2.03. The zero-order chi connectivity index (χ0) is 10.9. The van der Waals surface area contributed by atoms with E-state index < -0.39 is 0 Å². The monoisotopic (exact) mass is 213 g/mol. The molecule has 0 aliphatic heterocycles. The summed E-state index contributed by atoms with van der Waals surface area (Å²) >= 11 is 5.45. The van der Waals surface area contributed by atoms with Gasteiger partial charge in [-0.3, -0.25) is 9.59 Å². The summed E-state index contributed by atoms with van der Waals surface area (Å²) in [5.74, 6) is -0.289. The highest BCUT2D eigenvalue weighted by atomic mass is 35.5. The van der Waals surface area contributed by atoms with Crippen LogP contribution in [0, 0.1) is 13.8 Å². The number of carbonyl (C=O) groups is 2. The zero-order valence-corrected chi connectivity index (χ0v) is 9.16. The second-order valence-electron chi connectivity index (χ2n) is 3.24. The minimum absolute atomic E-state index is 0.0372. The standard InChI is InChI=1S/C10H12ClNO2/c1-5-9(7(3)13)6(2)12-10(5)8(14)4-11/h12H,4H2,1-3H3. The summed E-state index contributed by atoms with van der Waals surface area (Å²) in [5, 5.41) is 0. The van der Waals surface area contributed by atoms with Gasteiger partial charge in [0.05, 0.1) is 11.6 Å². The van der Waals surface area contributed by atoms with Crippen LogP contribution >= 0.6 is 11.6 Å². The fourth-order valence-corrected chi connectivity index (χ4v) is 1.76. The third-order valence-electron chi connectivity index (χ3n) is 2.19. The number of alkyl halides is 1. The fraction of sp³-hybridized carbons (Fsp3) is 0.400. The van der Waals surface area contributed by atoms with Crippen LogP contribution in [-0.2, 0) is 0 Å². The van der Waals surface area contributed by atoms with E-state index in [1.165, 1.54) is 6.92 Å². The van der Waals surface area contributed by atoms with Crippen LogP contribution in [-0.4, -0.2) is 22.4 Å². The van der Waals surface area contributed by atoms with Crippen molar-refractivity contribution in [1.29, 1.82) is 0 Å². The van der Waals surface area contributed by atoms with Crippen LogP contribution in [0.5, 0.6) is 0 Å². The van der Waals surface area contributed by atoms with Gasteiger partial charge in [-0.15, -0.1) is 11.6 Å². The molecule has 0 fully saturated rings. The van der Waals surface area contributed by atoms with Crippen molar-refractivity contribution < 1.29 is 9.59 Å². The number of carbonyl (C=O) groups excluding carboxylic acids is 2. The molecule has 0 aliphatic rings. The lowest BCUT2D eigenvalue weighted by atomic mass is 10.1. The van der Waals surface area contributed by atoms with E-state index in [4.69, 9.17) is 11.6 Å². The van der Waals surface area contributed by atoms with E-state index in [-0.39, 0.29) is 17.4 Å². The average molecular weight is 214 g/mol. The van der Waals surface area contributed by atoms with E-state index in [0.29, 0.717) is 16.8 Å². The molecule has 0 aromatic carbocycles. The molecule has 1 N–H and O–H groups in total. The Hall–Kier alpha value is -1.09. The Bertz CT molecular complexity index is 393. The first-order valence-electron chi connectivity index (χ1n) is 4.28. The number of aromatic nitrogens is 1. The number of halogens is 1. The number of Topliss-reactive ketones (excluding diaryl/α,β-unsaturated/α-hetero) is 2. The number of hydrogen-bond donors (Lipinski definition) is 1. The molecule has 3 nitrogen and oxygen atoms in total. The molecule has 0 unspecified atom stereocenters. The summed E-state index contributed by atoms with van der Waals surface area (Å²) in [6.07, 6.45) is 0. The number of nitrogens with one attached hydrogen (secondary N) is 1.